The van der Waals surface area contributed by atoms with Crippen LogP contribution in [-0.4, -0.2) is 49.5 Å². The van der Waals surface area contributed by atoms with Gasteiger partial charge in [0.2, 0.25) is 0 Å². The number of aryl methyl sites for hydroxylation is 1. The number of aromatic nitrogens is 2. The van der Waals surface area contributed by atoms with Crippen molar-refractivity contribution >= 4 is 31.7 Å². The van der Waals surface area contributed by atoms with Crippen LogP contribution in [0.3, 0.4) is 0 Å². The Kier molecular flexibility index (Phi) is 8.11. The Labute approximate surface area is 163 Å². The minimum absolute atomic E-state index is 0.00628. The topological polar surface area (TPSA) is 88.4 Å². The van der Waals surface area contributed by atoms with Crippen molar-refractivity contribution in [2.24, 2.45) is 4.99 Å². The van der Waals surface area contributed by atoms with Gasteiger partial charge in [0.25, 0.3) is 0 Å². The lowest BCUT2D eigenvalue weighted by Gasteiger charge is -2.11. The maximum absolute atomic E-state index is 12.3. The van der Waals surface area contributed by atoms with E-state index in [9.17, 15) is 8.42 Å². The number of nitrogens with zero attached hydrogens (tertiary/aromatic N) is 3. The maximum atomic E-state index is 12.3. The van der Waals surface area contributed by atoms with Gasteiger partial charge in [-0.15, -0.1) is 0 Å². The van der Waals surface area contributed by atoms with E-state index in [1.807, 2.05) is 23.9 Å². The van der Waals surface area contributed by atoms with Gasteiger partial charge in [-0.3, -0.25) is 9.67 Å². The van der Waals surface area contributed by atoms with Crippen molar-refractivity contribution in [1.82, 2.24) is 20.4 Å². The number of rotatable bonds is 9. The summed E-state index contributed by atoms with van der Waals surface area (Å²) >= 11 is 3.31. The van der Waals surface area contributed by atoms with Crippen molar-refractivity contribution in [2.75, 3.05) is 25.4 Å². The molecule has 26 heavy (non-hydrogen) atoms. The van der Waals surface area contributed by atoms with Crippen molar-refractivity contribution in [1.29, 1.82) is 0 Å². The molecular weight excluding hydrogens is 418 g/mol. The summed E-state index contributed by atoms with van der Waals surface area (Å²) in [6.07, 6.45) is 4.52. The van der Waals surface area contributed by atoms with E-state index >= 15 is 0 Å². The van der Waals surface area contributed by atoms with Gasteiger partial charge in [0, 0.05) is 43.0 Å². The van der Waals surface area contributed by atoms with Crippen LogP contribution in [0.4, 0.5) is 0 Å². The first-order valence-electron chi connectivity index (χ1n) is 8.49. The molecule has 1 aromatic heterocycles. The minimum Gasteiger partial charge on any atom is -0.357 e. The average molecular weight is 442 g/mol. The van der Waals surface area contributed by atoms with Crippen molar-refractivity contribution in [2.45, 2.75) is 24.8 Å². The zero-order valence-electron chi connectivity index (χ0n) is 14.7. The van der Waals surface area contributed by atoms with E-state index in [-0.39, 0.29) is 5.75 Å². The van der Waals surface area contributed by atoms with Crippen LogP contribution in [0, 0.1) is 0 Å². The molecule has 1 aromatic carbocycles. The van der Waals surface area contributed by atoms with E-state index < -0.39 is 9.84 Å². The molecule has 1 heterocycles. The molecule has 0 spiro atoms. The first-order chi connectivity index (χ1) is 12.5. The smallest absolute Gasteiger partial charge is 0.191 e. The van der Waals surface area contributed by atoms with E-state index in [2.05, 4.69) is 36.7 Å². The molecule has 142 valence electrons. The highest BCUT2D eigenvalue weighted by molar-refractivity contribution is 9.10. The fourth-order valence-corrected chi connectivity index (χ4v) is 3.68. The molecule has 2 aromatic rings. The number of nitrogens with one attached hydrogen (secondary N) is 2. The number of sulfone groups is 1. The molecule has 0 atom stereocenters. The van der Waals surface area contributed by atoms with Crippen LogP contribution in [0.25, 0.3) is 0 Å². The van der Waals surface area contributed by atoms with Crippen LogP contribution in [0.1, 0.15) is 13.3 Å². The molecule has 0 unspecified atom stereocenters. The first kappa shape index (κ1) is 20.4. The molecule has 7 nitrogen and oxygen atoms in total. The Balaban J connectivity index is 1.81. The maximum Gasteiger partial charge on any atom is 0.191 e. The molecule has 0 saturated carbocycles. The average Bonchev–Trinajstić information content (AvgIpc) is 3.12. The zero-order valence-corrected chi connectivity index (χ0v) is 17.1. The summed E-state index contributed by atoms with van der Waals surface area (Å²) < 4.78 is 27.4. The summed E-state index contributed by atoms with van der Waals surface area (Å²) in [5, 5.41) is 10.4. The highest BCUT2D eigenvalue weighted by Gasteiger charge is 2.14. The second-order valence-corrected chi connectivity index (χ2v) is 8.61. The largest absolute Gasteiger partial charge is 0.357 e. The van der Waals surface area contributed by atoms with E-state index in [4.69, 9.17) is 0 Å². The fourth-order valence-electron chi connectivity index (χ4n) is 2.26. The van der Waals surface area contributed by atoms with Gasteiger partial charge < -0.3 is 10.6 Å². The highest BCUT2D eigenvalue weighted by atomic mass is 79.9. The molecule has 2 N–H and O–H groups in total. The summed E-state index contributed by atoms with van der Waals surface area (Å²) in [5.41, 5.74) is 0. The Morgan fingerprint density at radius 1 is 1.27 bits per heavy atom. The molecule has 0 amide bonds. The Hall–Kier alpha value is -1.87. The number of benzene rings is 1. The van der Waals surface area contributed by atoms with Crippen LogP contribution >= 0.6 is 15.9 Å². The van der Waals surface area contributed by atoms with Crippen LogP contribution in [0.2, 0.25) is 0 Å². The van der Waals surface area contributed by atoms with Gasteiger partial charge in [-0.1, -0.05) is 15.9 Å². The van der Waals surface area contributed by atoms with Crippen LogP contribution in [0.5, 0.6) is 0 Å². The third kappa shape index (κ3) is 6.80. The lowest BCUT2D eigenvalue weighted by Crippen LogP contribution is -2.39. The molecular formula is C17H24BrN5O2S. The van der Waals surface area contributed by atoms with Gasteiger partial charge >= 0.3 is 0 Å². The van der Waals surface area contributed by atoms with Crippen LogP contribution < -0.4 is 10.6 Å². The number of hydrogen-bond acceptors (Lipinski definition) is 4. The fraction of sp³-hybridized carbons (Fsp3) is 0.412. The van der Waals surface area contributed by atoms with Crippen molar-refractivity contribution in [3.05, 3.63) is 47.2 Å². The van der Waals surface area contributed by atoms with E-state index in [0.29, 0.717) is 30.5 Å². The molecule has 0 aliphatic heterocycles. The third-order valence-corrected chi connectivity index (χ3v) is 5.82. The summed E-state index contributed by atoms with van der Waals surface area (Å²) in [7, 11) is -3.32. The predicted octanol–water partition coefficient (Wildman–Crippen LogP) is 2.06. The van der Waals surface area contributed by atoms with Crippen LogP contribution in [0.15, 0.2) is 57.1 Å². The lowest BCUT2D eigenvalue weighted by atomic mass is 10.4. The third-order valence-electron chi connectivity index (χ3n) is 3.55. The Bertz CT molecular complexity index is 789. The second-order valence-electron chi connectivity index (χ2n) is 5.58. The van der Waals surface area contributed by atoms with Gasteiger partial charge in [-0.05, 0) is 43.7 Å². The van der Waals surface area contributed by atoms with Crippen molar-refractivity contribution in [3.63, 3.8) is 0 Å². The molecule has 2 rings (SSSR count). The predicted molar refractivity (Wildman–Crippen MR) is 107 cm³/mol. The summed E-state index contributed by atoms with van der Waals surface area (Å²) in [5.74, 6) is 0.630. The number of hydrogen-bond donors (Lipinski definition) is 2. The van der Waals surface area contributed by atoms with Crippen LogP contribution in [-0.2, 0) is 16.4 Å². The number of guanidine groups is 1. The Morgan fingerprint density at radius 3 is 2.69 bits per heavy atom. The minimum atomic E-state index is -3.32. The molecule has 0 aliphatic carbocycles. The van der Waals surface area contributed by atoms with Gasteiger partial charge in [0.15, 0.2) is 15.8 Å². The SMILES string of the molecule is CCNC(=NCCCn1cccn1)NCCS(=O)(=O)c1ccc(Br)cc1. The number of aliphatic imine (C=N–C) groups is 1. The van der Waals surface area contributed by atoms with E-state index in [1.165, 1.54) is 0 Å². The molecule has 9 heteroatoms. The molecule has 0 bridgehead atoms. The molecule has 0 saturated heterocycles. The summed E-state index contributed by atoms with van der Waals surface area (Å²) in [4.78, 5) is 4.79. The van der Waals surface area contributed by atoms with Crippen molar-refractivity contribution < 1.29 is 8.42 Å². The summed E-state index contributed by atoms with van der Waals surface area (Å²) in [6.45, 7) is 4.41. The van der Waals surface area contributed by atoms with Gasteiger partial charge in [0.05, 0.1) is 10.6 Å². The monoisotopic (exact) mass is 441 g/mol. The van der Waals surface area contributed by atoms with E-state index in [1.54, 1.807) is 30.5 Å². The highest BCUT2D eigenvalue weighted by Crippen LogP contribution is 2.15. The van der Waals surface area contributed by atoms with Gasteiger partial charge in [-0.2, -0.15) is 5.10 Å². The molecule has 0 radical (unpaired) electrons. The molecule has 0 fully saturated rings. The molecule has 0 aliphatic rings. The zero-order chi connectivity index (χ0) is 18.8. The second kappa shape index (κ2) is 10.3. The summed E-state index contributed by atoms with van der Waals surface area (Å²) in [6, 6.07) is 8.56. The standard InChI is InChI=1S/C17H24BrN5O2S/c1-2-19-17(20-9-3-12-23-13-4-10-22-23)21-11-14-26(24,25)16-7-5-15(18)6-8-16/h4-8,10,13H,2-3,9,11-12,14H2,1H3,(H2,19,20,21). The quantitative estimate of drug-likeness (QED) is 0.353. The van der Waals surface area contributed by atoms with Crippen molar-refractivity contribution in [3.8, 4) is 0 Å². The normalized spacial score (nSPS) is 12.2. The first-order valence-corrected chi connectivity index (χ1v) is 10.9. The lowest BCUT2D eigenvalue weighted by molar-refractivity contribution is 0.583. The number of halogens is 1. The van der Waals surface area contributed by atoms with Gasteiger partial charge in [0.1, 0.15) is 0 Å². The van der Waals surface area contributed by atoms with E-state index in [0.717, 1.165) is 17.4 Å². The Morgan fingerprint density at radius 2 is 2.04 bits per heavy atom. The van der Waals surface area contributed by atoms with Gasteiger partial charge in [-0.25, -0.2) is 8.42 Å².